The molecule has 0 aliphatic carbocycles. The molecule has 2 rings (SSSR count). The summed E-state index contributed by atoms with van der Waals surface area (Å²) in [5.41, 5.74) is 2.32. The number of rotatable bonds is 2. The van der Waals surface area contributed by atoms with E-state index < -0.39 is 23.2 Å². The summed E-state index contributed by atoms with van der Waals surface area (Å²) in [5.74, 6) is -3.94. The monoisotopic (exact) mass is 489 g/mol. The van der Waals surface area contributed by atoms with Crippen molar-refractivity contribution in [1.29, 1.82) is 0 Å². The average Bonchev–Trinajstić information content (AvgIpc) is 3.17. The van der Waals surface area contributed by atoms with Gasteiger partial charge >= 0.3 is 5.97 Å². The van der Waals surface area contributed by atoms with E-state index in [9.17, 15) is 19.8 Å². The van der Waals surface area contributed by atoms with Gasteiger partial charge in [0.2, 0.25) is 0 Å². The molecule has 6 nitrogen and oxygen atoms in total. The zero-order chi connectivity index (χ0) is 25.7. The zero-order valence-corrected chi connectivity index (χ0v) is 22.3. The molecule has 1 aliphatic heterocycles. The van der Waals surface area contributed by atoms with Gasteiger partial charge in [-0.15, -0.1) is 11.3 Å². The van der Waals surface area contributed by atoms with Crippen molar-refractivity contribution in [2.75, 3.05) is 0 Å². The van der Waals surface area contributed by atoms with Crippen molar-refractivity contribution in [2.24, 2.45) is 11.3 Å². The van der Waals surface area contributed by atoms with Crippen LogP contribution in [0.2, 0.25) is 0 Å². The molecule has 2 atom stereocenters. The lowest BCUT2D eigenvalue weighted by Crippen LogP contribution is -2.46. The number of aliphatic hydroxyl groups is 2. The molecule has 1 aromatic heterocycles. The second-order valence-corrected chi connectivity index (χ2v) is 11.1. The highest BCUT2D eigenvalue weighted by Gasteiger charge is 2.43. The molecule has 0 amide bonds. The van der Waals surface area contributed by atoms with E-state index in [0.29, 0.717) is 18.4 Å². The van der Waals surface area contributed by atoms with Crippen LogP contribution in [0.15, 0.2) is 34.3 Å². The molecule has 0 radical (unpaired) electrons. The van der Waals surface area contributed by atoms with Crippen molar-refractivity contribution >= 4 is 29.2 Å². The van der Waals surface area contributed by atoms with E-state index in [-0.39, 0.29) is 24.6 Å². The van der Waals surface area contributed by atoms with Gasteiger partial charge in [-0.25, -0.2) is 4.98 Å². The highest BCUT2D eigenvalue weighted by atomic mass is 32.1. The predicted molar refractivity (Wildman–Crippen MR) is 136 cm³/mol. The third kappa shape index (κ3) is 7.45. The zero-order valence-electron chi connectivity index (χ0n) is 21.5. The predicted octanol–water partition coefficient (Wildman–Crippen LogP) is 5.54. The van der Waals surface area contributed by atoms with Gasteiger partial charge < -0.3 is 14.9 Å². The van der Waals surface area contributed by atoms with Crippen LogP contribution >= 0.6 is 11.3 Å². The Morgan fingerprint density at radius 1 is 1.18 bits per heavy atom. The Labute approximate surface area is 207 Å². The third-order valence-corrected chi connectivity index (χ3v) is 7.45. The molecule has 0 saturated carbocycles. The summed E-state index contributed by atoms with van der Waals surface area (Å²) in [6.07, 6.45) is 7.56. The maximum atomic E-state index is 13.1. The molecule has 0 aromatic carbocycles. The molecular weight excluding hydrogens is 450 g/mol. The standard InChI is InChI=1S/C27H39NO5S/c1-17-9-8-10-19(3)27(31,32)20(4)25(30)26(6,7)14-13-24(29)33-23(12-11-17)18(2)15-22-16-34-21(5)28-22/h10-11,15-16,20,23,31-32H,8-9,12-14H2,1-7H3. The number of ketones is 1. The van der Waals surface area contributed by atoms with Crippen molar-refractivity contribution in [3.63, 3.8) is 0 Å². The maximum absolute atomic E-state index is 13.1. The van der Waals surface area contributed by atoms with E-state index in [4.69, 9.17) is 4.74 Å². The number of Topliss-reactive ketones (excluding diaryl/α,β-unsaturated/α-hetero) is 1. The van der Waals surface area contributed by atoms with Gasteiger partial charge in [0, 0.05) is 23.6 Å². The normalized spacial score (nSPS) is 25.4. The number of cyclic esters (lactones) is 1. The molecule has 2 unspecified atom stereocenters. The van der Waals surface area contributed by atoms with E-state index in [1.807, 2.05) is 32.2 Å². The number of ether oxygens (including phenoxy) is 1. The molecule has 0 spiro atoms. The van der Waals surface area contributed by atoms with Crippen molar-refractivity contribution in [3.8, 4) is 0 Å². The number of carbonyl (C=O) groups is 2. The van der Waals surface area contributed by atoms with Crippen molar-refractivity contribution in [3.05, 3.63) is 45.0 Å². The quantitative estimate of drug-likeness (QED) is 0.322. The average molecular weight is 490 g/mol. The largest absolute Gasteiger partial charge is 0.457 e. The molecule has 188 valence electrons. The fourth-order valence-corrected chi connectivity index (χ4v) is 4.61. The summed E-state index contributed by atoms with van der Waals surface area (Å²) in [6, 6.07) is 0. The van der Waals surface area contributed by atoms with Crippen LogP contribution in [0.1, 0.15) is 84.3 Å². The highest BCUT2D eigenvalue weighted by molar-refractivity contribution is 7.09. The van der Waals surface area contributed by atoms with Crippen molar-refractivity contribution in [1.82, 2.24) is 4.98 Å². The molecule has 1 aromatic rings. The maximum Gasteiger partial charge on any atom is 0.306 e. The number of nitrogens with zero attached hydrogens (tertiary/aromatic N) is 1. The lowest BCUT2D eigenvalue weighted by molar-refractivity contribution is -0.179. The van der Waals surface area contributed by atoms with Crippen LogP contribution in [0.3, 0.4) is 0 Å². The fraction of sp³-hybridized carbons (Fsp3) is 0.593. The Bertz CT molecular complexity index is 983. The molecule has 34 heavy (non-hydrogen) atoms. The van der Waals surface area contributed by atoms with Crippen LogP contribution in [-0.2, 0) is 14.3 Å². The van der Waals surface area contributed by atoms with Crippen LogP contribution in [0.5, 0.6) is 0 Å². The second-order valence-electron chi connectivity index (χ2n) is 10.1. The number of aromatic nitrogens is 1. The van der Waals surface area contributed by atoms with E-state index in [1.54, 1.807) is 38.2 Å². The summed E-state index contributed by atoms with van der Waals surface area (Å²) in [5, 5.41) is 24.4. The summed E-state index contributed by atoms with van der Waals surface area (Å²) >= 11 is 1.57. The number of hydrogen-bond acceptors (Lipinski definition) is 7. The molecule has 1 aliphatic rings. The van der Waals surface area contributed by atoms with Gasteiger partial charge in [0.25, 0.3) is 0 Å². The lowest BCUT2D eigenvalue weighted by Gasteiger charge is -2.34. The Hall–Kier alpha value is -2.09. The summed E-state index contributed by atoms with van der Waals surface area (Å²) in [7, 11) is 0. The molecule has 0 bridgehead atoms. The lowest BCUT2D eigenvalue weighted by atomic mass is 9.74. The van der Waals surface area contributed by atoms with Gasteiger partial charge in [0.15, 0.2) is 5.79 Å². The van der Waals surface area contributed by atoms with E-state index in [0.717, 1.165) is 28.3 Å². The Kier molecular flexibility index (Phi) is 9.57. The fourth-order valence-electron chi connectivity index (χ4n) is 4.04. The van der Waals surface area contributed by atoms with Gasteiger partial charge in [0.05, 0.1) is 16.6 Å². The number of carbonyl (C=O) groups excluding carboxylic acids is 2. The third-order valence-electron chi connectivity index (χ3n) is 6.66. The summed E-state index contributed by atoms with van der Waals surface area (Å²) in [6.45, 7) is 12.5. The number of hydrogen-bond donors (Lipinski definition) is 2. The first kappa shape index (κ1) is 28.1. The Morgan fingerprint density at radius 2 is 1.85 bits per heavy atom. The topological polar surface area (TPSA) is 96.7 Å². The number of esters is 1. The van der Waals surface area contributed by atoms with Crippen LogP contribution in [0.25, 0.3) is 6.08 Å². The van der Waals surface area contributed by atoms with Crippen molar-refractivity contribution < 1.29 is 24.5 Å². The molecule has 2 heterocycles. The molecule has 0 fully saturated rings. The van der Waals surface area contributed by atoms with Gasteiger partial charge in [-0.1, -0.05) is 31.6 Å². The van der Waals surface area contributed by atoms with E-state index >= 15 is 0 Å². The molecule has 7 heteroatoms. The highest BCUT2D eigenvalue weighted by Crippen LogP contribution is 2.34. The minimum Gasteiger partial charge on any atom is -0.457 e. The minimum atomic E-state index is -2.23. The summed E-state index contributed by atoms with van der Waals surface area (Å²) in [4.78, 5) is 30.4. The Balaban J connectivity index is 2.35. The van der Waals surface area contributed by atoms with Crippen molar-refractivity contribution in [2.45, 2.75) is 92.5 Å². The Morgan fingerprint density at radius 3 is 2.47 bits per heavy atom. The molecule has 0 saturated heterocycles. The van der Waals surface area contributed by atoms with Crippen LogP contribution in [0.4, 0.5) is 0 Å². The van der Waals surface area contributed by atoms with Gasteiger partial charge in [-0.3, -0.25) is 9.59 Å². The minimum absolute atomic E-state index is 0.0619. The van der Waals surface area contributed by atoms with Crippen LogP contribution < -0.4 is 0 Å². The number of thiazole rings is 1. The first-order chi connectivity index (χ1) is 15.7. The van der Waals surface area contributed by atoms with E-state index in [1.165, 1.54) is 6.92 Å². The van der Waals surface area contributed by atoms with Gasteiger partial charge in [-0.2, -0.15) is 0 Å². The summed E-state index contributed by atoms with van der Waals surface area (Å²) < 4.78 is 5.86. The SMILES string of the molecule is CC1=CCC(C(C)=Cc2csc(C)n2)OC(=O)CCC(C)(C)C(=O)C(C)C(O)(O)C(C)=CCC1. The smallest absolute Gasteiger partial charge is 0.306 e. The van der Waals surface area contributed by atoms with E-state index in [2.05, 4.69) is 11.1 Å². The van der Waals surface area contributed by atoms with Crippen LogP contribution in [0, 0.1) is 18.3 Å². The van der Waals surface area contributed by atoms with Gasteiger partial charge in [-0.05, 0) is 71.1 Å². The molecule has 2 N–H and O–H groups in total. The second kappa shape index (κ2) is 11.6. The first-order valence-corrected chi connectivity index (χ1v) is 12.7. The molecular formula is C27H39NO5S. The number of allylic oxidation sites excluding steroid dienone is 2. The van der Waals surface area contributed by atoms with Gasteiger partial charge in [0.1, 0.15) is 11.9 Å². The van der Waals surface area contributed by atoms with Crippen LogP contribution in [-0.4, -0.2) is 38.8 Å². The first-order valence-electron chi connectivity index (χ1n) is 11.9. The number of aryl methyl sites for hydroxylation is 1.